The van der Waals surface area contributed by atoms with Gasteiger partial charge in [-0.25, -0.2) is 14.1 Å². The van der Waals surface area contributed by atoms with Gasteiger partial charge in [0.05, 0.1) is 5.41 Å². The summed E-state index contributed by atoms with van der Waals surface area (Å²) in [5.74, 6) is 0.0133. The first-order valence-electron chi connectivity index (χ1n) is 12.9. The zero-order valence-corrected chi connectivity index (χ0v) is 22.3. The highest BCUT2D eigenvalue weighted by Gasteiger charge is 2.23. The Morgan fingerprint density at radius 2 is 1.79 bits per heavy atom. The highest BCUT2D eigenvalue weighted by atomic mass is 19.1. The number of esters is 1. The fourth-order valence-corrected chi connectivity index (χ4v) is 4.82. The molecule has 0 saturated carbocycles. The lowest BCUT2D eigenvalue weighted by Crippen LogP contribution is -2.29. The second-order valence-electron chi connectivity index (χ2n) is 11.0. The minimum absolute atomic E-state index is 0.000840. The summed E-state index contributed by atoms with van der Waals surface area (Å²) >= 11 is 0. The molecule has 3 aromatic carbocycles. The average molecular weight is 513 g/mol. The van der Waals surface area contributed by atoms with Gasteiger partial charge in [0.25, 0.3) is 0 Å². The molecule has 0 unspecified atom stereocenters. The molecule has 1 aliphatic rings. The quantitative estimate of drug-likeness (QED) is 0.314. The molecular formula is C31H33FN4O2. The lowest BCUT2D eigenvalue weighted by atomic mass is 9.96. The maximum atomic E-state index is 15.6. The summed E-state index contributed by atoms with van der Waals surface area (Å²) in [5, 5.41) is 7.98. The van der Waals surface area contributed by atoms with Crippen molar-refractivity contribution in [2.75, 3.05) is 0 Å². The SMILES string of the molecule is Cc1cc(-c2ncn(COC(=O)C(C)(C)C)n2)ccc1-c1cccc(CNC2Cc3ccccc3C2)c1F. The Kier molecular flexibility index (Phi) is 7.13. The van der Waals surface area contributed by atoms with Gasteiger partial charge < -0.3 is 10.1 Å². The Balaban J connectivity index is 1.27. The molecular weight excluding hydrogens is 479 g/mol. The van der Waals surface area contributed by atoms with E-state index < -0.39 is 5.41 Å². The van der Waals surface area contributed by atoms with E-state index in [0.29, 0.717) is 29.5 Å². The van der Waals surface area contributed by atoms with Gasteiger partial charge in [0.1, 0.15) is 12.1 Å². The molecule has 38 heavy (non-hydrogen) atoms. The van der Waals surface area contributed by atoms with Gasteiger partial charge >= 0.3 is 5.97 Å². The molecule has 6 nitrogen and oxygen atoms in total. The van der Waals surface area contributed by atoms with Crippen LogP contribution >= 0.6 is 0 Å². The second kappa shape index (κ2) is 10.5. The molecule has 1 aliphatic carbocycles. The fourth-order valence-electron chi connectivity index (χ4n) is 4.82. The number of carbonyl (C=O) groups is 1. The van der Waals surface area contributed by atoms with Crippen LogP contribution in [0.3, 0.4) is 0 Å². The average Bonchev–Trinajstić information content (AvgIpc) is 3.53. The summed E-state index contributed by atoms with van der Waals surface area (Å²) in [7, 11) is 0. The minimum atomic E-state index is -0.582. The van der Waals surface area contributed by atoms with Crippen LogP contribution in [0.1, 0.15) is 43.0 Å². The number of nitrogens with one attached hydrogen (secondary N) is 1. The van der Waals surface area contributed by atoms with Crippen LogP contribution in [0.25, 0.3) is 22.5 Å². The van der Waals surface area contributed by atoms with E-state index in [1.807, 2.05) is 43.3 Å². The smallest absolute Gasteiger partial charge is 0.313 e. The van der Waals surface area contributed by atoms with E-state index in [9.17, 15) is 4.79 Å². The normalized spacial score (nSPS) is 13.5. The molecule has 0 atom stereocenters. The van der Waals surface area contributed by atoms with Gasteiger partial charge in [-0.15, -0.1) is 5.10 Å². The number of aryl methyl sites for hydroxylation is 1. The largest absolute Gasteiger partial charge is 0.442 e. The van der Waals surface area contributed by atoms with Crippen LogP contribution in [0.4, 0.5) is 4.39 Å². The number of fused-ring (bicyclic) bond motifs is 1. The number of ether oxygens (including phenoxy) is 1. The van der Waals surface area contributed by atoms with Crippen molar-refractivity contribution >= 4 is 5.97 Å². The third-order valence-electron chi connectivity index (χ3n) is 6.96. The van der Waals surface area contributed by atoms with Crippen molar-refractivity contribution < 1.29 is 13.9 Å². The number of halogens is 1. The van der Waals surface area contributed by atoms with Crippen molar-refractivity contribution in [2.24, 2.45) is 5.41 Å². The Labute approximate surface area is 222 Å². The summed E-state index contributed by atoms with van der Waals surface area (Å²) in [5.41, 5.74) is 5.98. The van der Waals surface area contributed by atoms with Crippen molar-refractivity contribution in [3.63, 3.8) is 0 Å². The maximum absolute atomic E-state index is 15.6. The molecule has 0 spiro atoms. The molecule has 5 rings (SSSR count). The number of hydrogen-bond donors (Lipinski definition) is 1. The standard InChI is InChI=1S/C31H33FN4O2/c1-20-14-23(29-34-18-36(35-29)19-38-30(37)31(2,3)4)12-13-26(20)27-11-7-10-24(28(27)32)17-33-25-15-21-8-5-6-9-22(21)16-25/h5-14,18,25,33H,15-17,19H2,1-4H3. The second-order valence-corrected chi connectivity index (χ2v) is 11.0. The Bertz CT molecular complexity index is 1450. The maximum Gasteiger partial charge on any atom is 0.313 e. The number of aromatic nitrogens is 3. The van der Waals surface area contributed by atoms with E-state index in [1.165, 1.54) is 22.1 Å². The topological polar surface area (TPSA) is 69.0 Å². The first-order valence-corrected chi connectivity index (χ1v) is 12.9. The lowest BCUT2D eigenvalue weighted by molar-refractivity contribution is -0.157. The fraction of sp³-hybridized carbons (Fsp3) is 0.323. The number of carbonyl (C=O) groups excluding carboxylic acids is 1. The Hall–Kier alpha value is -3.84. The molecule has 0 radical (unpaired) electrons. The monoisotopic (exact) mass is 512 g/mol. The number of benzene rings is 3. The van der Waals surface area contributed by atoms with Crippen molar-refractivity contribution in [1.82, 2.24) is 20.1 Å². The van der Waals surface area contributed by atoms with Crippen LogP contribution in [0.15, 0.2) is 67.0 Å². The highest BCUT2D eigenvalue weighted by molar-refractivity contribution is 5.75. The summed E-state index contributed by atoms with van der Waals surface area (Å²) < 4.78 is 22.4. The van der Waals surface area contributed by atoms with E-state index in [2.05, 4.69) is 39.7 Å². The molecule has 196 valence electrons. The molecule has 0 amide bonds. The first-order chi connectivity index (χ1) is 18.2. The molecule has 1 aromatic heterocycles. The molecule has 0 aliphatic heterocycles. The van der Waals surface area contributed by atoms with E-state index in [1.54, 1.807) is 20.8 Å². The van der Waals surface area contributed by atoms with Crippen LogP contribution in [0.5, 0.6) is 0 Å². The minimum Gasteiger partial charge on any atom is -0.442 e. The van der Waals surface area contributed by atoms with Crippen molar-refractivity contribution in [2.45, 2.75) is 59.9 Å². The number of nitrogens with zero attached hydrogens (tertiary/aromatic N) is 3. The van der Waals surface area contributed by atoms with Gasteiger partial charge in [0, 0.05) is 29.3 Å². The van der Waals surface area contributed by atoms with Crippen molar-refractivity contribution in [3.8, 4) is 22.5 Å². The van der Waals surface area contributed by atoms with Gasteiger partial charge in [-0.1, -0.05) is 54.6 Å². The Morgan fingerprint density at radius 3 is 2.47 bits per heavy atom. The summed E-state index contributed by atoms with van der Waals surface area (Å²) in [6, 6.07) is 20.2. The highest BCUT2D eigenvalue weighted by Crippen LogP contribution is 2.31. The molecule has 1 N–H and O–H groups in total. The van der Waals surface area contributed by atoms with E-state index >= 15 is 4.39 Å². The third kappa shape index (κ3) is 5.53. The summed E-state index contributed by atoms with van der Waals surface area (Å²) in [6.07, 6.45) is 3.48. The van der Waals surface area contributed by atoms with Gasteiger partial charge in [0.2, 0.25) is 0 Å². The molecule has 0 fully saturated rings. The molecule has 4 aromatic rings. The zero-order valence-electron chi connectivity index (χ0n) is 22.3. The van der Waals surface area contributed by atoms with Crippen molar-refractivity contribution in [3.05, 3.63) is 95.1 Å². The van der Waals surface area contributed by atoms with E-state index in [4.69, 9.17) is 4.74 Å². The van der Waals surface area contributed by atoms with E-state index in [0.717, 1.165) is 29.5 Å². The molecule has 0 bridgehead atoms. The predicted octanol–water partition coefficient (Wildman–Crippen LogP) is 5.86. The van der Waals surface area contributed by atoms with Crippen molar-refractivity contribution in [1.29, 1.82) is 0 Å². The van der Waals surface area contributed by atoms with Crippen LogP contribution < -0.4 is 5.32 Å². The van der Waals surface area contributed by atoms with Crippen LogP contribution in [0, 0.1) is 18.2 Å². The van der Waals surface area contributed by atoms with E-state index in [-0.39, 0.29) is 18.5 Å². The molecule has 1 heterocycles. The van der Waals surface area contributed by atoms with Gasteiger partial charge in [-0.3, -0.25) is 4.79 Å². The van der Waals surface area contributed by atoms with Gasteiger partial charge in [0.15, 0.2) is 12.6 Å². The summed E-state index contributed by atoms with van der Waals surface area (Å²) in [6.45, 7) is 7.85. The molecule has 0 saturated heterocycles. The zero-order chi connectivity index (χ0) is 26.9. The third-order valence-corrected chi connectivity index (χ3v) is 6.96. The number of hydrogen-bond acceptors (Lipinski definition) is 5. The Morgan fingerprint density at radius 1 is 1.05 bits per heavy atom. The van der Waals surface area contributed by atoms with Gasteiger partial charge in [-0.2, -0.15) is 0 Å². The molecule has 7 heteroatoms. The number of rotatable bonds is 7. The van der Waals surface area contributed by atoms with Crippen LogP contribution in [-0.4, -0.2) is 26.8 Å². The summed E-state index contributed by atoms with van der Waals surface area (Å²) in [4.78, 5) is 16.4. The lowest BCUT2D eigenvalue weighted by Gasteiger charge is -2.16. The van der Waals surface area contributed by atoms with Gasteiger partial charge in [-0.05, 0) is 68.9 Å². The van der Waals surface area contributed by atoms with Crippen LogP contribution in [-0.2, 0) is 35.6 Å². The predicted molar refractivity (Wildman–Crippen MR) is 146 cm³/mol. The first kappa shape index (κ1) is 25.8. The van der Waals surface area contributed by atoms with Crippen LogP contribution in [0.2, 0.25) is 0 Å².